The molecule has 80 valence electrons. The molecule has 0 aliphatic rings. The molecule has 14 heavy (non-hydrogen) atoms. The lowest BCUT2D eigenvalue weighted by molar-refractivity contribution is 0.539. The second kappa shape index (κ2) is 6.53. The molecule has 1 unspecified atom stereocenters. The molecule has 0 saturated heterocycles. The topological polar surface area (TPSA) is 92.2 Å². The number of hydrogen-bond donors (Lipinski definition) is 2. The van der Waals surface area contributed by atoms with Crippen molar-refractivity contribution in [2.75, 3.05) is 5.73 Å². The van der Waals surface area contributed by atoms with Crippen LogP contribution in [0, 0.1) is 0 Å². The van der Waals surface area contributed by atoms with E-state index in [1.807, 2.05) is 18.2 Å². The minimum absolute atomic E-state index is 0.573. The van der Waals surface area contributed by atoms with Gasteiger partial charge in [0.05, 0.1) is 0 Å². The van der Waals surface area contributed by atoms with Gasteiger partial charge in [-0.3, -0.25) is 9.35 Å². The lowest BCUT2D eigenvalue weighted by Gasteiger charge is -2.04. The van der Waals surface area contributed by atoms with E-state index in [-0.39, 0.29) is 0 Å². The minimum Gasteiger partial charge on any atom is -0.760 e. The summed E-state index contributed by atoms with van der Waals surface area (Å²) in [5.74, 6) is 0.573. The molecule has 0 aromatic heterocycles. The third-order valence-electron chi connectivity index (χ3n) is 1.58. The van der Waals surface area contributed by atoms with Crippen molar-refractivity contribution >= 4 is 17.0 Å². The highest BCUT2D eigenvalue weighted by atomic mass is 32.2. The first-order chi connectivity index (χ1) is 6.43. The van der Waals surface area contributed by atoms with Crippen molar-refractivity contribution < 1.29 is 8.76 Å². The SMILES string of the molecule is CC(C)c1cccc(N)c1.NS(=O)[O-]. The molecule has 0 fully saturated rings. The number of anilines is 1. The van der Waals surface area contributed by atoms with E-state index < -0.39 is 11.3 Å². The van der Waals surface area contributed by atoms with Gasteiger partial charge in [0.1, 0.15) is 0 Å². The van der Waals surface area contributed by atoms with Crippen molar-refractivity contribution in [3.63, 3.8) is 0 Å². The van der Waals surface area contributed by atoms with Gasteiger partial charge in [-0.05, 0) is 23.6 Å². The van der Waals surface area contributed by atoms with Crippen LogP contribution in [-0.2, 0) is 11.3 Å². The van der Waals surface area contributed by atoms with Gasteiger partial charge in [-0.2, -0.15) is 0 Å². The van der Waals surface area contributed by atoms with Gasteiger partial charge in [-0.15, -0.1) is 0 Å². The third kappa shape index (κ3) is 6.59. The summed E-state index contributed by atoms with van der Waals surface area (Å²) < 4.78 is 17.6. The van der Waals surface area contributed by atoms with Crippen LogP contribution in [0.4, 0.5) is 5.69 Å². The van der Waals surface area contributed by atoms with Gasteiger partial charge in [-0.1, -0.05) is 26.0 Å². The Kier molecular flexibility index (Phi) is 6.11. The van der Waals surface area contributed by atoms with Gasteiger partial charge < -0.3 is 10.3 Å². The molecule has 0 bridgehead atoms. The van der Waals surface area contributed by atoms with E-state index in [0.717, 1.165) is 5.69 Å². The Bertz CT molecular complexity index is 299. The average Bonchev–Trinajstić information content (AvgIpc) is 2.03. The first kappa shape index (κ1) is 13.1. The van der Waals surface area contributed by atoms with Gasteiger partial charge >= 0.3 is 0 Å². The molecular weight excluding hydrogens is 200 g/mol. The molecule has 0 spiro atoms. The zero-order valence-electron chi connectivity index (χ0n) is 8.27. The molecule has 4 nitrogen and oxygen atoms in total. The van der Waals surface area contributed by atoms with E-state index in [2.05, 4.69) is 25.1 Å². The van der Waals surface area contributed by atoms with Crippen LogP contribution < -0.4 is 10.9 Å². The van der Waals surface area contributed by atoms with Crippen molar-refractivity contribution in [1.82, 2.24) is 0 Å². The van der Waals surface area contributed by atoms with Crippen LogP contribution in [0.25, 0.3) is 0 Å². The predicted molar refractivity (Wildman–Crippen MR) is 58.1 cm³/mol. The number of nitrogens with two attached hydrogens (primary N) is 2. The third-order valence-corrected chi connectivity index (χ3v) is 1.58. The van der Waals surface area contributed by atoms with Crippen molar-refractivity contribution in [3.8, 4) is 0 Å². The molecule has 0 saturated carbocycles. The van der Waals surface area contributed by atoms with E-state index in [1.54, 1.807) is 0 Å². The normalized spacial score (nSPS) is 11.8. The van der Waals surface area contributed by atoms with Gasteiger partial charge in [0.15, 0.2) is 0 Å². The van der Waals surface area contributed by atoms with Crippen LogP contribution in [0.3, 0.4) is 0 Å². The Balaban J connectivity index is 0.000000364. The standard InChI is InChI=1S/C9H13N.H3NO2S/c1-7(2)8-4-3-5-9(10)6-8;1-4(2)3/h3-7H,10H2,1-2H3;1H2,(H,2,3)/p-1. The molecule has 1 rings (SSSR count). The molecule has 4 N–H and O–H groups in total. The molecule has 1 aromatic carbocycles. The summed E-state index contributed by atoms with van der Waals surface area (Å²) >= 11 is -2.36. The molecule has 1 aromatic rings. The zero-order valence-corrected chi connectivity index (χ0v) is 9.08. The van der Waals surface area contributed by atoms with Crippen LogP contribution in [0.2, 0.25) is 0 Å². The molecule has 0 aliphatic carbocycles. The Morgan fingerprint density at radius 2 is 1.93 bits per heavy atom. The Morgan fingerprint density at radius 1 is 1.43 bits per heavy atom. The molecule has 1 atom stereocenters. The highest BCUT2D eigenvalue weighted by Gasteiger charge is 1.96. The maximum atomic E-state index is 8.78. The summed E-state index contributed by atoms with van der Waals surface area (Å²) in [6, 6.07) is 8.02. The second-order valence-electron chi connectivity index (χ2n) is 3.09. The monoisotopic (exact) mass is 215 g/mol. The summed E-state index contributed by atoms with van der Waals surface area (Å²) in [5.41, 5.74) is 7.75. The summed E-state index contributed by atoms with van der Waals surface area (Å²) in [4.78, 5) is 0. The van der Waals surface area contributed by atoms with Crippen molar-refractivity contribution in [1.29, 1.82) is 0 Å². The van der Waals surface area contributed by atoms with E-state index in [9.17, 15) is 0 Å². The largest absolute Gasteiger partial charge is 0.760 e. The predicted octanol–water partition coefficient (Wildman–Crippen LogP) is 1.13. The van der Waals surface area contributed by atoms with Crippen molar-refractivity contribution in [2.24, 2.45) is 5.14 Å². The first-order valence-corrected chi connectivity index (χ1v) is 5.26. The fourth-order valence-electron chi connectivity index (χ4n) is 0.918. The maximum absolute atomic E-state index is 8.78. The van der Waals surface area contributed by atoms with Gasteiger partial charge in [-0.25, -0.2) is 0 Å². The fraction of sp³-hybridized carbons (Fsp3) is 0.333. The number of nitrogen functional groups attached to an aromatic ring is 1. The Labute approximate surface area is 86.7 Å². The summed E-state index contributed by atoms with van der Waals surface area (Å²) in [5, 5.41) is 4.03. The van der Waals surface area contributed by atoms with Gasteiger partial charge in [0.2, 0.25) is 0 Å². The summed E-state index contributed by atoms with van der Waals surface area (Å²) in [7, 11) is 0. The number of benzene rings is 1. The molecule has 0 aliphatic heterocycles. The Morgan fingerprint density at radius 3 is 2.21 bits per heavy atom. The molecule has 0 radical (unpaired) electrons. The van der Waals surface area contributed by atoms with E-state index in [1.165, 1.54) is 5.56 Å². The lowest BCUT2D eigenvalue weighted by atomic mass is 10.0. The quantitative estimate of drug-likeness (QED) is 0.543. The van der Waals surface area contributed by atoms with Crippen LogP contribution in [0.1, 0.15) is 25.3 Å². The molecular formula is C9H15N2O2S-. The smallest absolute Gasteiger partial charge is 0.0316 e. The van der Waals surface area contributed by atoms with Crippen molar-refractivity contribution in [2.45, 2.75) is 19.8 Å². The first-order valence-electron chi connectivity index (χ1n) is 4.12. The molecule has 0 amide bonds. The van der Waals surface area contributed by atoms with Crippen molar-refractivity contribution in [3.05, 3.63) is 29.8 Å². The van der Waals surface area contributed by atoms with Gasteiger partial charge in [0, 0.05) is 17.0 Å². The highest BCUT2D eigenvalue weighted by molar-refractivity contribution is 7.76. The Hall–Kier alpha value is -0.910. The zero-order chi connectivity index (χ0) is 11.1. The van der Waals surface area contributed by atoms with E-state index in [4.69, 9.17) is 14.5 Å². The summed E-state index contributed by atoms with van der Waals surface area (Å²) in [6.45, 7) is 4.32. The van der Waals surface area contributed by atoms with Crippen LogP contribution in [0.5, 0.6) is 0 Å². The average molecular weight is 215 g/mol. The van der Waals surface area contributed by atoms with Crippen LogP contribution >= 0.6 is 0 Å². The minimum atomic E-state index is -2.36. The molecule has 0 heterocycles. The fourth-order valence-corrected chi connectivity index (χ4v) is 0.918. The maximum Gasteiger partial charge on any atom is 0.0316 e. The van der Waals surface area contributed by atoms with E-state index in [0.29, 0.717) is 5.92 Å². The van der Waals surface area contributed by atoms with Crippen LogP contribution in [-0.4, -0.2) is 8.76 Å². The summed E-state index contributed by atoms with van der Waals surface area (Å²) in [6.07, 6.45) is 0. The van der Waals surface area contributed by atoms with Crippen LogP contribution in [0.15, 0.2) is 24.3 Å². The van der Waals surface area contributed by atoms with Gasteiger partial charge in [0.25, 0.3) is 0 Å². The second-order valence-corrected chi connectivity index (χ2v) is 3.61. The number of rotatable bonds is 1. The highest BCUT2D eigenvalue weighted by Crippen LogP contribution is 2.15. The lowest BCUT2D eigenvalue weighted by Crippen LogP contribution is -1.97. The number of hydrogen-bond acceptors (Lipinski definition) is 3. The van der Waals surface area contributed by atoms with E-state index >= 15 is 0 Å². The molecule has 5 heteroatoms.